The minimum atomic E-state index is -0.328. The Bertz CT molecular complexity index is 770. The van der Waals surface area contributed by atoms with E-state index in [2.05, 4.69) is 25.9 Å². The molecule has 3 N–H and O–H groups in total. The lowest BCUT2D eigenvalue weighted by atomic mass is 10.2. The van der Waals surface area contributed by atoms with Crippen molar-refractivity contribution in [2.24, 2.45) is 4.99 Å². The molecule has 1 aromatic heterocycles. The zero-order chi connectivity index (χ0) is 20.2. The Morgan fingerprint density at radius 3 is 2.71 bits per heavy atom. The van der Waals surface area contributed by atoms with E-state index in [1.54, 1.807) is 37.5 Å². The first-order chi connectivity index (χ1) is 13.6. The number of rotatable bonds is 9. The average molecular weight is 387 g/mol. The lowest BCUT2D eigenvalue weighted by molar-refractivity contribution is 0.0954. The molecule has 1 unspecified atom stereocenters. The van der Waals surface area contributed by atoms with Gasteiger partial charge in [-0.1, -0.05) is 13.0 Å². The molecule has 0 aliphatic carbocycles. The van der Waals surface area contributed by atoms with Gasteiger partial charge in [-0.15, -0.1) is 0 Å². The van der Waals surface area contributed by atoms with Crippen LogP contribution in [0, 0.1) is 5.82 Å². The molecule has 2 aromatic rings. The van der Waals surface area contributed by atoms with Crippen LogP contribution in [-0.4, -0.2) is 49.6 Å². The second-order valence-corrected chi connectivity index (χ2v) is 5.98. The highest BCUT2D eigenvalue weighted by Gasteiger charge is 2.10. The number of halogens is 1. The molecule has 2 rings (SSSR count). The highest BCUT2D eigenvalue weighted by Crippen LogP contribution is 2.14. The molecule has 0 saturated heterocycles. The van der Waals surface area contributed by atoms with Crippen molar-refractivity contribution in [2.75, 3.05) is 26.7 Å². The molecule has 1 atom stereocenters. The molecule has 28 heavy (non-hydrogen) atoms. The number of amides is 1. The van der Waals surface area contributed by atoms with Crippen molar-refractivity contribution >= 4 is 11.9 Å². The summed E-state index contributed by atoms with van der Waals surface area (Å²) in [5, 5.41) is 9.10. The maximum atomic E-state index is 13.3. The van der Waals surface area contributed by atoms with E-state index < -0.39 is 0 Å². The Morgan fingerprint density at radius 1 is 1.21 bits per heavy atom. The van der Waals surface area contributed by atoms with Gasteiger partial charge in [0, 0.05) is 38.6 Å². The summed E-state index contributed by atoms with van der Waals surface area (Å²) in [5.41, 5.74) is 0.519. The quantitative estimate of drug-likeness (QED) is 0.348. The summed E-state index contributed by atoms with van der Waals surface area (Å²) in [6, 6.07) is 9.51. The molecule has 1 amide bonds. The average Bonchev–Trinajstić information content (AvgIpc) is 2.72. The number of carbonyl (C=O) groups excluding carboxylic acids is 1. The monoisotopic (exact) mass is 387 g/mol. The van der Waals surface area contributed by atoms with Gasteiger partial charge >= 0.3 is 0 Å². The number of carbonyl (C=O) groups is 1. The molecule has 0 aliphatic heterocycles. The lowest BCUT2D eigenvalue weighted by Gasteiger charge is -2.20. The van der Waals surface area contributed by atoms with Gasteiger partial charge in [0.05, 0.1) is 12.1 Å². The Morgan fingerprint density at radius 2 is 2.04 bits per heavy atom. The number of aliphatic imine (C=N–C) groups is 1. The number of hydrogen-bond acceptors (Lipinski definition) is 4. The van der Waals surface area contributed by atoms with E-state index in [0.29, 0.717) is 36.9 Å². The predicted molar refractivity (Wildman–Crippen MR) is 107 cm³/mol. The molecule has 0 fully saturated rings. The van der Waals surface area contributed by atoms with Crippen LogP contribution in [0.3, 0.4) is 0 Å². The molecule has 0 aliphatic rings. The van der Waals surface area contributed by atoms with Crippen LogP contribution >= 0.6 is 0 Å². The van der Waals surface area contributed by atoms with Crippen LogP contribution in [0.1, 0.15) is 23.7 Å². The van der Waals surface area contributed by atoms with Crippen molar-refractivity contribution in [3.05, 3.63) is 60.2 Å². The summed E-state index contributed by atoms with van der Waals surface area (Å²) < 4.78 is 19.1. The molecule has 8 heteroatoms. The summed E-state index contributed by atoms with van der Waals surface area (Å²) >= 11 is 0. The second kappa shape index (κ2) is 11.5. The summed E-state index contributed by atoms with van der Waals surface area (Å²) in [6.45, 7) is 3.45. The number of guanidine groups is 1. The third kappa shape index (κ3) is 7.22. The van der Waals surface area contributed by atoms with Crippen molar-refractivity contribution in [3.63, 3.8) is 0 Å². The summed E-state index contributed by atoms with van der Waals surface area (Å²) in [4.78, 5) is 20.0. The zero-order valence-corrected chi connectivity index (χ0v) is 16.1. The zero-order valence-electron chi connectivity index (χ0n) is 16.1. The van der Waals surface area contributed by atoms with Crippen molar-refractivity contribution in [3.8, 4) is 5.75 Å². The first-order valence-corrected chi connectivity index (χ1v) is 9.17. The first-order valence-electron chi connectivity index (χ1n) is 9.17. The molecule has 0 saturated carbocycles. The number of pyridine rings is 1. The number of aromatic nitrogens is 1. The molecule has 0 spiro atoms. The number of hydrogen-bond donors (Lipinski definition) is 3. The van der Waals surface area contributed by atoms with Gasteiger partial charge in [0.25, 0.3) is 5.91 Å². The van der Waals surface area contributed by atoms with Crippen LogP contribution in [0.15, 0.2) is 53.8 Å². The Hall–Kier alpha value is -3.16. The lowest BCUT2D eigenvalue weighted by Crippen LogP contribution is -2.44. The topological polar surface area (TPSA) is 87.6 Å². The molecule has 150 valence electrons. The van der Waals surface area contributed by atoms with Gasteiger partial charge in [-0.3, -0.25) is 14.8 Å². The van der Waals surface area contributed by atoms with Crippen LogP contribution < -0.4 is 20.7 Å². The normalized spacial score (nSPS) is 12.2. The van der Waals surface area contributed by atoms with Crippen molar-refractivity contribution in [1.82, 2.24) is 20.9 Å². The molecular formula is C20H26FN5O2. The van der Waals surface area contributed by atoms with Crippen LogP contribution in [0.25, 0.3) is 0 Å². The van der Waals surface area contributed by atoms with Crippen molar-refractivity contribution in [1.29, 1.82) is 0 Å². The number of nitrogens with zero attached hydrogens (tertiary/aromatic N) is 2. The largest absolute Gasteiger partial charge is 0.489 e. The predicted octanol–water partition coefficient (Wildman–Crippen LogP) is 1.97. The molecule has 0 bridgehead atoms. The van der Waals surface area contributed by atoms with E-state index in [1.165, 1.54) is 18.3 Å². The van der Waals surface area contributed by atoms with E-state index >= 15 is 0 Å². The maximum absolute atomic E-state index is 13.3. The van der Waals surface area contributed by atoms with Crippen molar-refractivity contribution < 1.29 is 13.9 Å². The number of nitrogens with one attached hydrogen (secondary N) is 3. The van der Waals surface area contributed by atoms with Gasteiger partial charge in [0.1, 0.15) is 17.7 Å². The van der Waals surface area contributed by atoms with E-state index in [9.17, 15) is 9.18 Å². The maximum Gasteiger partial charge on any atom is 0.252 e. The second-order valence-electron chi connectivity index (χ2n) is 5.98. The smallest absolute Gasteiger partial charge is 0.252 e. The summed E-state index contributed by atoms with van der Waals surface area (Å²) in [7, 11) is 1.66. The number of ether oxygens (including phenoxy) is 1. The van der Waals surface area contributed by atoms with Crippen LogP contribution in [0.4, 0.5) is 4.39 Å². The fourth-order valence-electron chi connectivity index (χ4n) is 2.39. The molecule has 1 heterocycles. The summed E-state index contributed by atoms with van der Waals surface area (Å²) in [6.07, 6.45) is 3.76. The molecule has 7 nitrogen and oxygen atoms in total. The molecule has 0 radical (unpaired) electrons. The molecular weight excluding hydrogens is 361 g/mol. The number of benzene rings is 1. The highest BCUT2D eigenvalue weighted by atomic mass is 19.1. The van der Waals surface area contributed by atoms with Crippen LogP contribution in [0.2, 0.25) is 0 Å². The van der Waals surface area contributed by atoms with Gasteiger partial charge in [0.15, 0.2) is 5.96 Å². The van der Waals surface area contributed by atoms with Crippen LogP contribution in [-0.2, 0) is 0 Å². The van der Waals surface area contributed by atoms with Crippen molar-refractivity contribution in [2.45, 2.75) is 19.4 Å². The van der Waals surface area contributed by atoms with E-state index in [4.69, 9.17) is 4.74 Å². The minimum Gasteiger partial charge on any atom is -0.489 e. The van der Waals surface area contributed by atoms with Crippen LogP contribution in [0.5, 0.6) is 5.75 Å². The van der Waals surface area contributed by atoms with Gasteiger partial charge in [-0.05, 0) is 30.7 Å². The SMILES string of the molecule is CCC(CNC(=NC)NCCNC(=O)c1cccnc1)Oc1cccc(F)c1. The van der Waals surface area contributed by atoms with Gasteiger partial charge in [-0.25, -0.2) is 4.39 Å². The van der Waals surface area contributed by atoms with Gasteiger partial charge in [0.2, 0.25) is 0 Å². The fraction of sp³-hybridized carbons (Fsp3) is 0.350. The van der Waals surface area contributed by atoms with E-state index in [0.717, 1.165) is 6.42 Å². The van der Waals surface area contributed by atoms with E-state index in [-0.39, 0.29) is 17.8 Å². The fourth-order valence-corrected chi connectivity index (χ4v) is 2.39. The minimum absolute atomic E-state index is 0.134. The summed E-state index contributed by atoms with van der Waals surface area (Å²) in [5.74, 6) is 0.588. The first kappa shape index (κ1) is 21.1. The third-order valence-corrected chi connectivity index (χ3v) is 3.90. The van der Waals surface area contributed by atoms with Gasteiger partial charge < -0.3 is 20.7 Å². The molecule has 1 aromatic carbocycles. The Balaban J connectivity index is 1.70. The third-order valence-electron chi connectivity index (χ3n) is 3.90. The Kier molecular flexibility index (Phi) is 8.71. The van der Waals surface area contributed by atoms with E-state index in [1.807, 2.05) is 6.92 Å². The standard InChI is InChI=1S/C20H26FN5O2/c1-3-17(28-18-8-4-7-16(21)12-18)14-26-20(22-2)25-11-10-24-19(27)15-6-5-9-23-13-15/h4-9,12-13,17H,3,10-11,14H2,1-2H3,(H,24,27)(H2,22,25,26). The van der Waals surface area contributed by atoms with Gasteiger partial charge in [-0.2, -0.15) is 0 Å². The highest BCUT2D eigenvalue weighted by molar-refractivity contribution is 5.93. The Labute approximate surface area is 164 Å².